The van der Waals surface area contributed by atoms with Gasteiger partial charge in [-0.05, 0) is 19.5 Å². The zero-order valence-corrected chi connectivity index (χ0v) is 9.75. The Labute approximate surface area is 97.4 Å². The number of aromatic nitrogens is 2. The summed E-state index contributed by atoms with van der Waals surface area (Å²) in [6.45, 7) is 4.20. The highest BCUT2D eigenvalue weighted by molar-refractivity contribution is 5.03. The first-order chi connectivity index (χ1) is 7.80. The molecule has 0 spiro atoms. The van der Waals surface area contributed by atoms with Gasteiger partial charge in [-0.2, -0.15) is 18.3 Å². The van der Waals surface area contributed by atoms with Crippen molar-refractivity contribution in [3.63, 3.8) is 0 Å². The largest absolute Gasteiger partial charge is 0.435 e. The van der Waals surface area contributed by atoms with Gasteiger partial charge >= 0.3 is 6.18 Å². The van der Waals surface area contributed by atoms with E-state index in [1.165, 1.54) is 10.9 Å². The van der Waals surface area contributed by atoms with Gasteiger partial charge < -0.3 is 10.4 Å². The van der Waals surface area contributed by atoms with Crippen LogP contribution in [0.15, 0.2) is 12.3 Å². The lowest BCUT2D eigenvalue weighted by atomic mass is 10.0. The van der Waals surface area contributed by atoms with Gasteiger partial charge in [0.05, 0.1) is 18.7 Å². The molecule has 98 valence electrons. The zero-order valence-electron chi connectivity index (χ0n) is 9.75. The second kappa shape index (κ2) is 5.05. The van der Waals surface area contributed by atoms with E-state index in [9.17, 15) is 18.3 Å². The number of alkyl halides is 3. The maximum Gasteiger partial charge on any atom is 0.435 e. The summed E-state index contributed by atoms with van der Waals surface area (Å²) in [6, 6.07) is 0.920. The van der Waals surface area contributed by atoms with Gasteiger partial charge in [-0.15, -0.1) is 0 Å². The highest BCUT2D eigenvalue weighted by Gasteiger charge is 2.34. The molecule has 0 aliphatic heterocycles. The number of nitrogens with one attached hydrogen (secondary N) is 1. The Kier molecular flexibility index (Phi) is 4.16. The van der Waals surface area contributed by atoms with Gasteiger partial charge in [-0.25, -0.2) is 0 Å². The topological polar surface area (TPSA) is 50.1 Å². The van der Waals surface area contributed by atoms with Crippen molar-refractivity contribution in [2.75, 3.05) is 13.2 Å². The Balaban J connectivity index is 2.78. The summed E-state index contributed by atoms with van der Waals surface area (Å²) >= 11 is 0. The van der Waals surface area contributed by atoms with E-state index >= 15 is 0 Å². The number of aliphatic hydroxyl groups is 1. The molecule has 0 aromatic carbocycles. The van der Waals surface area contributed by atoms with E-state index in [-0.39, 0.29) is 13.2 Å². The molecule has 1 rings (SSSR count). The van der Waals surface area contributed by atoms with E-state index in [0.717, 1.165) is 6.07 Å². The van der Waals surface area contributed by atoms with Crippen molar-refractivity contribution in [2.45, 2.75) is 32.1 Å². The first-order valence-electron chi connectivity index (χ1n) is 5.27. The predicted octanol–water partition coefficient (Wildman–Crippen LogP) is 1.26. The molecule has 0 amide bonds. The first kappa shape index (κ1) is 14.0. The lowest BCUT2D eigenvalue weighted by Gasteiger charge is -2.28. The average molecular weight is 251 g/mol. The minimum Gasteiger partial charge on any atom is -0.394 e. The molecular formula is C10H16F3N3O. The normalized spacial score (nSPS) is 15.9. The highest BCUT2D eigenvalue weighted by atomic mass is 19.4. The molecule has 0 aliphatic rings. The van der Waals surface area contributed by atoms with E-state index in [2.05, 4.69) is 10.4 Å². The van der Waals surface area contributed by atoms with Crippen molar-refractivity contribution in [3.05, 3.63) is 18.0 Å². The Morgan fingerprint density at radius 1 is 1.47 bits per heavy atom. The molecular weight excluding hydrogens is 235 g/mol. The Bertz CT molecular complexity index is 364. The van der Waals surface area contributed by atoms with Gasteiger partial charge in [0.2, 0.25) is 0 Å². The third-order valence-electron chi connectivity index (χ3n) is 2.39. The summed E-state index contributed by atoms with van der Waals surface area (Å²) in [5.74, 6) is 0. The number of halogens is 3. The summed E-state index contributed by atoms with van der Waals surface area (Å²) in [4.78, 5) is 0. The molecule has 0 bridgehead atoms. The van der Waals surface area contributed by atoms with Crippen LogP contribution in [0, 0.1) is 0 Å². The zero-order chi connectivity index (χ0) is 13.1. The predicted molar refractivity (Wildman–Crippen MR) is 56.4 cm³/mol. The number of likely N-dealkylation sites (N-methyl/N-ethyl adjacent to an activating group) is 1. The summed E-state index contributed by atoms with van der Waals surface area (Å²) in [5.41, 5.74) is -1.60. The van der Waals surface area contributed by atoms with Gasteiger partial charge in [0, 0.05) is 6.20 Å². The number of hydrogen-bond acceptors (Lipinski definition) is 3. The fourth-order valence-corrected chi connectivity index (χ4v) is 1.55. The molecule has 0 radical (unpaired) electrons. The molecule has 1 heterocycles. The molecule has 17 heavy (non-hydrogen) atoms. The number of aliphatic hydroxyl groups excluding tert-OH is 1. The molecule has 0 saturated carbocycles. The van der Waals surface area contributed by atoms with Crippen LogP contribution in [-0.2, 0) is 12.7 Å². The molecule has 1 atom stereocenters. The molecule has 1 aromatic heterocycles. The summed E-state index contributed by atoms with van der Waals surface area (Å²) in [7, 11) is 0. The van der Waals surface area contributed by atoms with Crippen LogP contribution in [0.4, 0.5) is 13.2 Å². The second-order valence-corrected chi connectivity index (χ2v) is 4.15. The third kappa shape index (κ3) is 3.71. The summed E-state index contributed by atoms with van der Waals surface area (Å²) < 4.78 is 38.2. The van der Waals surface area contributed by atoms with Crippen molar-refractivity contribution in [1.82, 2.24) is 15.1 Å². The van der Waals surface area contributed by atoms with E-state index < -0.39 is 17.4 Å². The smallest absolute Gasteiger partial charge is 0.394 e. The molecule has 4 nitrogen and oxygen atoms in total. The standard InChI is InChI=1S/C10H16F3N3O/c1-3-14-9(2,7-17)6-16-5-4-8(15-16)10(11,12)13/h4-5,14,17H,3,6-7H2,1-2H3. The Morgan fingerprint density at radius 2 is 2.12 bits per heavy atom. The van der Waals surface area contributed by atoms with Gasteiger partial charge in [-0.1, -0.05) is 6.92 Å². The monoisotopic (exact) mass is 251 g/mol. The number of rotatable bonds is 5. The van der Waals surface area contributed by atoms with E-state index in [1.807, 2.05) is 6.92 Å². The summed E-state index contributed by atoms with van der Waals surface area (Å²) in [6.07, 6.45) is -3.17. The fourth-order valence-electron chi connectivity index (χ4n) is 1.55. The Hall–Kier alpha value is -1.08. The van der Waals surface area contributed by atoms with Crippen LogP contribution in [0.1, 0.15) is 19.5 Å². The van der Waals surface area contributed by atoms with Crippen molar-refractivity contribution >= 4 is 0 Å². The third-order valence-corrected chi connectivity index (χ3v) is 2.39. The highest BCUT2D eigenvalue weighted by Crippen LogP contribution is 2.27. The summed E-state index contributed by atoms with van der Waals surface area (Å²) in [5, 5.41) is 15.7. The lowest BCUT2D eigenvalue weighted by Crippen LogP contribution is -2.49. The van der Waals surface area contributed by atoms with E-state index in [4.69, 9.17) is 0 Å². The van der Waals surface area contributed by atoms with Crippen molar-refractivity contribution < 1.29 is 18.3 Å². The molecule has 0 aliphatic carbocycles. The van der Waals surface area contributed by atoms with Crippen molar-refractivity contribution in [2.24, 2.45) is 0 Å². The van der Waals surface area contributed by atoms with Crippen LogP contribution < -0.4 is 5.32 Å². The second-order valence-electron chi connectivity index (χ2n) is 4.15. The van der Waals surface area contributed by atoms with Crippen LogP contribution in [-0.4, -0.2) is 33.6 Å². The number of nitrogens with zero attached hydrogens (tertiary/aromatic N) is 2. The average Bonchev–Trinajstić information content (AvgIpc) is 2.66. The minimum absolute atomic E-state index is 0.174. The molecule has 0 saturated heterocycles. The Morgan fingerprint density at radius 3 is 2.53 bits per heavy atom. The first-order valence-corrected chi connectivity index (χ1v) is 5.27. The maximum absolute atomic E-state index is 12.3. The van der Waals surface area contributed by atoms with Gasteiger partial charge in [0.15, 0.2) is 5.69 Å². The minimum atomic E-state index is -4.43. The van der Waals surface area contributed by atoms with Crippen LogP contribution in [0.3, 0.4) is 0 Å². The molecule has 0 fully saturated rings. The van der Waals surface area contributed by atoms with E-state index in [1.54, 1.807) is 6.92 Å². The van der Waals surface area contributed by atoms with Crippen LogP contribution in [0.2, 0.25) is 0 Å². The fraction of sp³-hybridized carbons (Fsp3) is 0.700. The van der Waals surface area contributed by atoms with Crippen molar-refractivity contribution in [3.8, 4) is 0 Å². The maximum atomic E-state index is 12.3. The van der Waals surface area contributed by atoms with Gasteiger partial charge in [0.1, 0.15) is 0 Å². The molecule has 1 unspecified atom stereocenters. The molecule has 1 aromatic rings. The van der Waals surface area contributed by atoms with Crippen LogP contribution in [0.25, 0.3) is 0 Å². The number of hydrogen-bond donors (Lipinski definition) is 2. The van der Waals surface area contributed by atoms with Gasteiger partial charge in [-0.3, -0.25) is 4.68 Å². The van der Waals surface area contributed by atoms with Crippen molar-refractivity contribution in [1.29, 1.82) is 0 Å². The van der Waals surface area contributed by atoms with Crippen LogP contribution >= 0.6 is 0 Å². The lowest BCUT2D eigenvalue weighted by molar-refractivity contribution is -0.141. The quantitative estimate of drug-likeness (QED) is 0.828. The van der Waals surface area contributed by atoms with Crippen LogP contribution in [0.5, 0.6) is 0 Å². The molecule has 7 heteroatoms. The van der Waals surface area contributed by atoms with E-state index in [0.29, 0.717) is 6.54 Å². The SMILES string of the molecule is CCNC(C)(CO)Cn1ccc(C(F)(F)F)n1. The molecule has 2 N–H and O–H groups in total. The van der Waals surface area contributed by atoms with Gasteiger partial charge in [0.25, 0.3) is 0 Å².